The number of nitrogens with one attached hydrogen (secondary N) is 1. The van der Waals surface area contributed by atoms with E-state index < -0.39 is 18.5 Å². The highest BCUT2D eigenvalue weighted by Crippen LogP contribution is 2.24. The number of para-hydroxylation sites is 1. The van der Waals surface area contributed by atoms with Crippen LogP contribution in [-0.2, 0) is 13.2 Å². The van der Waals surface area contributed by atoms with E-state index in [1.807, 2.05) is 0 Å². The smallest absolute Gasteiger partial charge is 0.389 e. The maximum Gasteiger partial charge on any atom is 0.389 e. The predicted molar refractivity (Wildman–Crippen MR) is 120 cm³/mol. The quantitative estimate of drug-likeness (QED) is 0.406. The van der Waals surface area contributed by atoms with Gasteiger partial charge in [-0.1, -0.05) is 23.7 Å². The molecule has 0 fully saturated rings. The summed E-state index contributed by atoms with van der Waals surface area (Å²) in [6, 6.07) is 10.3. The molecule has 0 radical (unpaired) electrons. The molecule has 2 aromatic heterocycles. The molecule has 0 aliphatic carbocycles. The van der Waals surface area contributed by atoms with E-state index in [1.165, 1.54) is 23.3 Å². The van der Waals surface area contributed by atoms with Gasteiger partial charge in [-0.25, -0.2) is 0 Å². The minimum atomic E-state index is -4.20. The number of halogens is 6. The third kappa shape index (κ3) is 8.57. The van der Waals surface area contributed by atoms with Crippen LogP contribution in [0.5, 0.6) is 5.75 Å². The van der Waals surface area contributed by atoms with E-state index in [1.54, 1.807) is 36.4 Å². The van der Waals surface area contributed by atoms with Gasteiger partial charge in [0.15, 0.2) is 0 Å². The van der Waals surface area contributed by atoms with Crippen molar-refractivity contribution in [3.8, 4) is 5.75 Å². The Labute approximate surface area is 199 Å². The molecule has 0 saturated carbocycles. The number of hydrogen-bond donors (Lipinski definition) is 1. The largest absolute Gasteiger partial charge is 0.487 e. The minimum Gasteiger partial charge on any atom is -0.487 e. The highest BCUT2D eigenvalue weighted by Gasteiger charge is 2.26. The second-order valence-electron chi connectivity index (χ2n) is 6.43. The van der Waals surface area contributed by atoms with Crippen LogP contribution in [0.3, 0.4) is 0 Å². The number of carbonyl (C=O) groups is 1. The Hall–Kier alpha value is -2.49. The molecule has 32 heavy (non-hydrogen) atoms. The molecule has 1 amide bonds. The number of nitrogens with zero attached hydrogens (tertiary/aromatic N) is 3. The van der Waals surface area contributed by atoms with Crippen LogP contribution in [-0.4, -0.2) is 26.8 Å². The number of alkyl halides is 3. The Kier molecular flexibility index (Phi) is 10.8. The molecule has 1 N–H and O–H groups in total. The van der Waals surface area contributed by atoms with Crippen LogP contribution in [0.1, 0.15) is 28.9 Å². The van der Waals surface area contributed by atoms with E-state index in [0.717, 1.165) is 5.56 Å². The number of pyridine rings is 1. The normalized spacial score (nSPS) is 10.6. The minimum absolute atomic E-state index is 0. The third-order valence-electron chi connectivity index (χ3n) is 4.03. The molecule has 0 saturated heterocycles. The second kappa shape index (κ2) is 12.5. The molecule has 0 aliphatic rings. The fourth-order valence-electron chi connectivity index (χ4n) is 2.60. The third-order valence-corrected chi connectivity index (χ3v) is 4.34. The van der Waals surface area contributed by atoms with Gasteiger partial charge in [0.2, 0.25) is 0 Å². The maximum absolute atomic E-state index is 12.4. The summed E-state index contributed by atoms with van der Waals surface area (Å²) in [5.74, 6) is 0.0596. The molecule has 0 aliphatic heterocycles. The number of benzene rings is 1. The van der Waals surface area contributed by atoms with Gasteiger partial charge in [0.05, 0.1) is 16.9 Å². The lowest BCUT2D eigenvalue weighted by molar-refractivity contribution is -0.136. The molecular formula is C20H20Cl3F3N4O2. The first kappa shape index (κ1) is 27.5. The lowest BCUT2D eigenvalue weighted by Gasteiger charge is -2.09. The molecule has 3 rings (SSSR count). The Bertz CT molecular complexity index is 1020. The van der Waals surface area contributed by atoms with E-state index in [-0.39, 0.29) is 50.1 Å². The molecule has 2 heterocycles. The van der Waals surface area contributed by atoms with Crippen molar-refractivity contribution >= 4 is 48.0 Å². The fourth-order valence-corrected chi connectivity index (χ4v) is 2.79. The van der Waals surface area contributed by atoms with Crippen LogP contribution in [0.25, 0.3) is 0 Å². The van der Waals surface area contributed by atoms with Crippen molar-refractivity contribution in [2.45, 2.75) is 32.2 Å². The van der Waals surface area contributed by atoms with E-state index in [0.29, 0.717) is 16.5 Å². The number of aromatic nitrogens is 3. The van der Waals surface area contributed by atoms with Crippen molar-refractivity contribution in [2.24, 2.45) is 0 Å². The van der Waals surface area contributed by atoms with Crippen LogP contribution in [0.15, 0.2) is 55.0 Å². The summed E-state index contributed by atoms with van der Waals surface area (Å²) in [6.07, 6.45) is -0.846. The molecule has 174 valence electrons. The molecule has 1 aromatic carbocycles. The van der Waals surface area contributed by atoms with Crippen LogP contribution in [0.4, 0.5) is 18.9 Å². The molecule has 6 nitrogen and oxygen atoms in total. The number of anilines is 1. The van der Waals surface area contributed by atoms with Crippen molar-refractivity contribution < 1.29 is 22.7 Å². The highest BCUT2D eigenvalue weighted by molar-refractivity contribution is 6.32. The summed E-state index contributed by atoms with van der Waals surface area (Å²) < 4.78 is 43.7. The zero-order chi connectivity index (χ0) is 21.6. The summed E-state index contributed by atoms with van der Waals surface area (Å²) in [5, 5.41) is 7.06. The summed E-state index contributed by atoms with van der Waals surface area (Å²) in [7, 11) is 0. The van der Waals surface area contributed by atoms with Gasteiger partial charge in [-0.3, -0.25) is 14.5 Å². The van der Waals surface area contributed by atoms with Gasteiger partial charge in [-0.2, -0.15) is 18.3 Å². The number of amides is 1. The van der Waals surface area contributed by atoms with Gasteiger partial charge in [0.25, 0.3) is 5.91 Å². The first-order chi connectivity index (χ1) is 14.3. The Morgan fingerprint density at radius 2 is 1.94 bits per heavy atom. The molecule has 0 unspecified atom stereocenters. The topological polar surface area (TPSA) is 69.0 Å². The average Bonchev–Trinajstić information content (AvgIpc) is 3.14. The summed E-state index contributed by atoms with van der Waals surface area (Å²) >= 11 is 6.05. The van der Waals surface area contributed by atoms with Gasteiger partial charge < -0.3 is 10.1 Å². The maximum atomic E-state index is 12.4. The summed E-state index contributed by atoms with van der Waals surface area (Å²) in [4.78, 5) is 16.5. The second-order valence-corrected chi connectivity index (χ2v) is 6.84. The number of aryl methyl sites for hydroxylation is 1. The van der Waals surface area contributed by atoms with Crippen molar-refractivity contribution in [1.29, 1.82) is 0 Å². The van der Waals surface area contributed by atoms with Gasteiger partial charge in [-0.05, 0) is 36.2 Å². The van der Waals surface area contributed by atoms with Crippen molar-refractivity contribution in [3.63, 3.8) is 0 Å². The van der Waals surface area contributed by atoms with E-state index in [4.69, 9.17) is 16.3 Å². The number of hydrogen-bond acceptors (Lipinski definition) is 4. The van der Waals surface area contributed by atoms with Crippen LogP contribution >= 0.6 is 36.4 Å². The van der Waals surface area contributed by atoms with Crippen LogP contribution in [0.2, 0.25) is 5.02 Å². The van der Waals surface area contributed by atoms with Gasteiger partial charge in [-0.15, -0.1) is 24.8 Å². The molecule has 0 atom stereocenters. The predicted octanol–water partition coefficient (Wildman–Crippen LogP) is 5.95. The Balaban J connectivity index is 0.00000256. The standard InChI is InChI=1S/C20H18ClF3N4O2.2ClH/c21-16-4-1-2-5-18(16)30-13-14-6-8-25-17(10-14)19(29)27-15-11-26-28(12-15)9-3-7-20(22,23)24;;/h1-2,4-6,8,10-12H,3,7,9,13H2,(H,27,29);2*1H. The van der Waals surface area contributed by atoms with Crippen molar-refractivity contribution in [1.82, 2.24) is 14.8 Å². The first-order valence-electron chi connectivity index (χ1n) is 9.03. The monoisotopic (exact) mass is 510 g/mol. The SMILES string of the molecule is Cl.Cl.O=C(Nc1cnn(CCCC(F)(F)F)c1)c1cc(COc2ccccc2Cl)ccn1. The molecule has 0 spiro atoms. The Morgan fingerprint density at radius 3 is 2.66 bits per heavy atom. The molecule has 0 bridgehead atoms. The van der Waals surface area contributed by atoms with E-state index in [2.05, 4.69) is 15.4 Å². The lowest BCUT2D eigenvalue weighted by atomic mass is 10.2. The molecular weight excluding hydrogens is 492 g/mol. The van der Waals surface area contributed by atoms with Crippen LogP contribution < -0.4 is 10.1 Å². The van der Waals surface area contributed by atoms with E-state index in [9.17, 15) is 18.0 Å². The Morgan fingerprint density at radius 1 is 1.19 bits per heavy atom. The number of ether oxygens (including phenoxy) is 1. The lowest BCUT2D eigenvalue weighted by Crippen LogP contribution is -2.14. The number of rotatable bonds is 8. The van der Waals surface area contributed by atoms with Crippen molar-refractivity contribution in [2.75, 3.05) is 5.32 Å². The summed E-state index contributed by atoms with van der Waals surface area (Å²) in [5.41, 5.74) is 1.25. The zero-order valence-electron chi connectivity index (χ0n) is 16.5. The summed E-state index contributed by atoms with van der Waals surface area (Å²) in [6.45, 7) is 0.298. The van der Waals surface area contributed by atoms with E-state index >= 15 is 0 Å². The fraction of sp³-hybridized carbons (Fsp3) is 0.250. The first-order valence-corrected chi connectivity index (χ1v) is 9.41. The zero-order valence-corrected chi connectivity index (χ0v) is 18.9. The average molecular weight is 512 g/mol. The van der Waals surface area contributed by atoms with Gasteiger partial charge in [0.1, 0.15) is 18.1 Å². The highest BCUT2D eigenvalue weighted by atomic mass is 35.5. The van der Waals surface area contributed by atoms with Crippen LogP contribution in [0, 0.1) is 0 Å². The molecule has 3 aromatic rings. The number of carbonyl (C=O) groups excluding carboxylic acids is 1. The van der Waals surface area contributed by atoms with Gasteiger partial charge >= 0.3 is 6.18 Å². The van der Waals surface area contributed by atoms with Gasteiger partial charge in [0, 0.05) is 25.4 Å². The molecule has 12 heteroatoms. The van der Waals surface area contributed by atoms with Crippen molar-refractivity contribution in [3.05, 3.63) is 71.3 Å².